The SMILES string of the molecule is Cc1ccc(S(=O)(=O)Nc2ccccc2C(=O)NCc2ccco2)cc1. The molecule has 26 heavy (non-hydrogen) atoms. The topological polar surface area (TPSA) is 88.4 Å². The van der Waals surface area contributed by atoms with Gasteiger partial charge in [0.15, 0.2) is 0 Å². The average Bonchev–Trinajstić information content (AvgIpc) is 3.14. The summed E-state index contributed by atoms with van der Waals surface area (Å²) in [5.41, 5.74) is 1.40. The molecule has 3 aromatic rings. The smallest absolute Gasteiger partial charge is 0.261 e. The molecule has 0 bridgehead atoms. The van der Waals surface area contributed by atoms with Gasteiger partial charge in [-0.25, -0.2) is 8.42 Å². The molecule has 0 aliphatic rings. The molecule has 0 aliphatic heterocycles. The van der Waals surface area contributed by atoms with Crippen LogP contribution in [0.3, 0.4) is 0 Å². The average molecular weight is 370 g/mol. The van der Waals surface area contributed by atoms with E-state index in [0.29, 0.717) is 5.76 Å². The van der Waals surface area contributed by atoms with E-state index in [-0.39, 0.29) is 22.7 Å². The minimum Gasteiger partial charge on any atom is -0.467 e. The second kappa shape index (κ2) is 7.45. The van der Waals surface area contributed by atoms with E-state index in [1.165, 1.54) is 18.4 Å². The van der Waals surface area contributed by atoms with Crippen molar-refractivity contribution >= 4 is 21.6 Å². The Bertz CT molecular complexity index is 994. The quantitative estimate of drug-likeness (QED) is 0.697. The van der Waals surface area contributed by atoms with E-state index >= 15 is 0 Å². The summed E-state index contributed by atoms with van der Waals surface area (Å²) in [6.45, 7) is 2.09. The molecule has 0 spiro atoms. The van der Waals surface area contributed by atoms with Gasteiger partial charge >= 0.3 is 0 Å². The van der Waals surface area contributed by atoms with Crippen molar-refractivity contribution in [2.75, 3.05) is 4.72 Å². The molecule has 2 N–H and O–H groups in total. The number of para-hydroxylation sites is 1. The molecule has 134 valence electrons. The van der Waals surface area contributed by atoms with Crippen LogP contribution in [-0.4, -0.2) is 14.3 Å². The number of sulfonamides is 1. The van der Waals surface area contributed by atoms with Gasteiger partial charge in [-0.05, 0) is 43.3 Å². The number of hydrogen-bond acceptors (Lipinski definition) is 4. The van der Waals surface area contributed by atoms with Crippen molar-refractivity contribution in [3.05, 3.63) is 83.8 Å². The highest BCUT2D eigenvalue weighted by molar-refractivity contribution is 7.92. The monoisotopic (exact) mass is 370 g/mol. The van der Waals surface area contributed by atoms with Gasteiger partial charge in [0, 0.05) is 0 Å². The van der Waals surface area contributed by atoms with E-state index in [1.807, 2.05) is 6.92 Å². The molecule has 2 aromatic carbocycles. The Morgan fingerprint density at radius 1 is 1.00 bits per heavy atom. The molecule has 0 saturated heterocycles. The number of carbonyl (C=O) groups excluding carboxylic acids is 1. The van der Waals surface area contributed by atoms with Crippen LogP contribution in [0, 0.1) is 6.92 Å². The minimum absolute atomic E-state index is 0.133. The van der Waals surface area contributed by atoms with Gasteiger partial charge in [-0.1, -0.05) is 29.8 Å². The molecule has 0 radical (unpaired) electrons. The van der Waals surface area contributed by atoms with Crippen LogP contribution >= 0.6 is 0 Å². The van der Waals surface area contributed by atoms with Crippen LogP contribution in [0.5, 0.6) is 0 Å². The Morgan fingerprint density at radius 3 is 2.42 bits per heavy atom. The highest BCUT2D eigenvalue weighted by atomic mass is 32.2. The summed E-state index contributed by atoms with van der Waals surface area (Å²) in [6, 6.07) is 16.4. The number of aryl methyl sites for hydroxylation is 1. The van der Waals surface area contributed by atoms with Gasteiger partial charge in [-0.2, -0.15) is 0 Å². The number of amides is 1. The van der Waals surface area contributed by atoms with Crippen LogP contribution in [0.2, 0.25) is 0 Å². The number of carbonyl (C=O) groups is 1. The van der Waals surface area contributed by atoms with Crippen LogP contribution in [0.15, 0.2) is 76.2 Å². The molecule has 1 amide bonds. The summed E-state index contributed by atoms with van der Waals surface area (Å²) in [5, 5.41) is 2.71. The first kappa shape index (κ1) is 17.8. The molecule has 6 nitrogen and oxygen atoms in total. The first-order valence-corrected chi connectivity index (χ1v) is 9.43. The first-order valence-electron chi connectivity index (χ1n) is 7.95. The molecule has 0 saturated carbocycles. The molecule has 0 fully saturated rings. The van der Waals surface area contributed by atoms with Crippen molar-refractivity contribution in [2.24, 2.45) is 0 Å². The largest absolute Gasteiger partial charge is 0.467 e. The van der Waals surface area contributed by atoms with E-state index in [2.05, 4.69) is 10.0 Å². The van der Waals surface area contributed by atoms with Crippen molar-refractivity contribution in [2.45, 2.75) is 18.4 Å². The lowest BCUT2D eigenvalue weighted by Crippen LogP contribution is -2.24. The highest BCUT2D eigenvalue weighted by Crippen LogP contribution is 2.20. The first-order chi connectivity index (χ1) is 12.5. The van der Waals surface area contributed by atoms with Gasteiger partial charge in [-0.3, -0.25) is 9.52 Å². The van der Waals surface area contributed by atoms with E-state index in [1.54, 1.807) is 48.5 Å². The number of anilines is 1. The van der Waals surface area contributed by atoms with Crippen LogP contribution < -0.4 is 10.0 Å². The third kappa shape index (κ3) is 4.12. The number of hydrogen-bond donors (Lipinski definition) is 2. The Morgan fingerprint density at radius 2 is 1.73 bits per heavy atom. The fraction of sp³-hybridized carbons (Fsp3) is 0.105. The summed E-state index contributed by atoms with van der Waals surface area (Å²) in [6.07, 6.45) is 1.52. The fourth-order valence-corrected chi connectivity index (χ4v) is 3.45. The number of rotatable bonds is 6. The zero-order valence-electron chi connectivity index (χ0n) is 14.1. The van der Waals surface area contributed by atoms with E-state index in [4.69, 9.17) is 4.42 Å². The maximum atomic E-state index is 12.6. The van der Waals surface area contributed by atoms with Gasteiger partial charge in [0.05, 0.1) is 29.0 Å². The van der Waals surface area contributed by atoms with Crippen molar-refractivity contribution < 1.29 is 17.6 Å². The van der Waals surface area contributed by atoms with Crippen molar-refractivity contribution in [1.29, 1.82) is 0 Å². The van der Waals surface area contributed by atoms with Crippen molar-refractivity contribution in [1.82, 2.24) is 5.32 Å². The zero-order valence-corrected chi connectivity index (χ0v) is 14.9. The van der Waals surface area contributed by atoms with Crippen LogP contribution in [0.4, 0.5) is 5.69 Å². The number of furan rings is 1. The Labute approximate surface area is 151 Å². The van der Waals surface area contributed by atoms with E-state index in [9.17, 15) is 13.2 Å². The molecule has 3 rings (SSSR count). The van der Waals surface area contributed by atoms with Gasteiger partial charge in [-0.15, -0.1) is 0 Å². The van der Waals surface area contributed by atoms with Gasteiger partial charge in [0.1, 0.15) is 5.76 Å². The Balaban J connectivity index is 1.80. The van der Waals surface area contributed by atoms with Crippen LogP contribution in [0.1, 0.15) is 21.7 Å². The predicted molar refractivity (Wildman–Crippen MR) is 98.3 cm³/mol. The van der Waals surface area contributed by atoms with Gasteiger partial charge in [0.25, 0.3) is 15.9 Å². The van der Waals surface area contributed by atoms with Gasteiger partial charge in [0.2, 0.25) is 0 Å². The summed E-state index contributed by atoms with van der Waals surface area (Å²) < 4.78 is 32.8. The van der Waals surface area contributed by atoms with Crippen molar-refractivity contribution in [3.63, 3.8) is 0 Å². The number of nitrogens with one attached hydrogen (secondary N) is 2. The zero-order chi connectivity index (χ0) is 18.6. The molecule has 0 unspecified atom stereocenters. The third-order valence-electron chi connectivity index (χ3n) is 3.75. The molecular weight excluding hydrogens is 352 g/mol. The molecular formula is C19H18N2O4S. The van der Waals surface area contributed by atoms with E-state index < -0.39 is 15.9 Å². The number of benzene rings is 2. The molecule has 1 heterocycles. The lowest BCUT2D eigenvalue weighted by Gasteiger charge is -2.12. The van der Waals surface area contributed by atoms with E-state index in [0.717, 1.165) is 5.56 Å². The standard InChI is InChI=1S/C19H18N2O4S/c1-14-8-10-16(11-9-14)26(23,24)21-18-7-3-2-6-17(18)19(22)20-13-15-5-4-12-25-15/h2-12,21H,13H2,1H3,(H,20,22). The lowest BCUT2D eigenvalue weighted by molar-refractivity contribution is 0.0949. The fourth-order valence-electron chi connectivity index (χ4n) is 2.37. The second-order valence-corrected chi connectivity index (χ2v) is 7.41. The Hall–Kier alpha value is -3.06. The summed E-state index contributed by atoms with van der Waals surface area (Å²) in [7, 11) is -3.79. The molecule has 0 aliphatic carbocycles. The maximum Gasteiger partial charge on any atom is 0.261 e. The van der Waals surface area contributed by atoms with Gasteiger partial charge < -0.3 is 9.73 Å². The summed E-state index contributed by atoms with van der Waals surface area (Å²) in [4.78, 5) is 12.6. The third-order valence-corrected chi connectivity index (χ3v) is 5.13. The van der Waals surface area contributed by atoms with Crippen LogP contribution in [0.25, 0.3) is 0 Å². The van der Waals surface area contributed by atoms with Crippen LogP contribution in [-0.2, 0) is 16.6 Å². The second-order valence-electron chi connectivity index (χ2n) is 5.73. The normalized spacial score (nSPS) is 11.1. The predicted octanol–water partition coefficient (Wildman–Crippen LogP) is 3.32. The summed E-state index contributed by atoms with van der Waals surface area (Å²) in [5.74, 6) is 0.208. The minimum atomic E-state index is -3.79. The molecule has 0 atom stereocenters. The maximum absolute atomic E-state index is 12.6. The summed E-state index contributed by atoms with van der Waals surface area (Å²) >= 11 is 0. The van der Waals surface area contributed by atoms with Crippen molar-refractivity contribution in [3.8, 4) is 0 Å². The highest BCUT2D eigenvalue weighted by Gasteiger charge is 2.18. The molecule has 1 aromatic heterocycles. The Kier molecular flexibility index (Phi) is 5.09. The molecule has 7 heteroatoms. The lowest BCUT2D eigenvalue weighted by atomic mass is 10.1.